The molecule has 184 valence electrons. The highest BCUT2D eigenvalue weighted by Gasteiger charge is 2.53. The molecule has 34 heavy (non-hydrogen) atoms. The number of aromatic nitrogens is 2. The molecule has 3 aliphatic carbocycles. The summed E-state index contributed by atoms with van der Waals surface area (Å²) in [7, 11) is 0. The summed E-state index contributed by atoms with van der Waals surface area (Å²) in [6.07, 6.45) is 5.92. The molecule has 1 saturated heterocycles. The van der Waals surface area contributed by atoms with Gasteiger partial charge in [-0.1, -0.05) is 33.8 Å². The van der Waals surface area contributed by atoms with Crippen molar-refractivity contribution >= 4 is 17.5 Å². The minimum Gasteiger partial charge on any atom is -0.350 e. The minimum absolute atomic E-state index is 0.0675. The Labute approximate surface area is 202 Å². The molecule has 0 aromatic carbocycles. The van der Waals surface area contributed by atoms with Crippen LogP contribution in [-0.4, -0.2) is 58.3 Å². The van der Waals surface area contributed by atoms with Crippen molar-refractivity contribution in [3.8, 4) is 0 Å². The Balaban J connectivity index is 1.27. The highest BCUT2D eigenvalue weighted by atomic mass is 16.2. The molecule has 4 atom stereocenters. The molecule has 3 saturated carbocycles. The van der Waals surface area contributed by atoms with Gasteiger partial charge in [-0.3, -0.25) is 14.0 Å². The normalized spacial score (nSPS) is 28.1. The van der Waals surface area contributed by atoms with E-state index in [4.69, 9.17) is 0 Å². The first-order valence-corrected chi connectivity index (χ1v) is 13.0. The van der Waals surface area contributed by atoms with Gasteiger partial charge >= 0.3 is 0 Å². The number of nitrogens with one attached hydrogen (secondary N) is 2. The van der Waals surface area contributed by atoms with E-state index >= 15 is 0 Å². The topological polar surface area (TPSA) is 78.7 Å². The first kappa shape index (κ1) is 23.3. The van der Waals surface area contributed by atoms with E-state index in [2.05, 4.69) is 43.3 Å². The maximum absolute atomic E-state index is 13.1. The van der Waals surface area contributed by atoms with Gasteiger partial charge in [0.25, 0.3) is 5.91 Å². The molecule has 6 rings (SSSR count). The van der Waals surface area contributed by atoms with E-state index in [-0.39, 0.29) is 24.3 Å². The van der Waals surface area contributed by atoms with Crippen LogP contribution in [0.2, 0.25) is 0 Å². The molecule has 2 aromatic rings. The summed E-state index contributed by atoms with van der Waals surface area (Å²) in [5.74, 6) is 2.58. The highest BCUT2D eigenvalue weighted by Crippen LogP contribution is 2.61. The molecule has 0 unspecified atom stereocenters. The fourth-order valence-corrected chi connectivity index (χ4v) is 6.74. The van der Waals surface area contributed by atoms with Crippen LogP contribution in [0.5, 0.6) is 0 Å². The number of amides is 2. The standard InChI is InChI=1S/C27H39N5O2/c1-17(2)23-15-28-10-11-31(23)25(33)13-20-16-32-22(6-5-7-24(32)30-20)26(34)29-14-18-8-9-19-12-21(18)27(19,3)4/h5-7,16-19,21,23,28H,8-15H2,1-4H3,(H,29,34)/t18-,19+,21-,23-/m0/s1. The third kappa shape index (κ3) is 4.12. The molecular formula is C27H39N5O2. The first-order valence-electron chi connectivity index (χ1n) is 13.0. The van der Waals surface area contributed by atoms with Gasteiger partial charge in [0.15, 0.2) is 0 Å². The SMILES string of the molecule is CC(C)[C@@H]1CNCCN1C(=O)Cc1cn2c(C(=O)NC[C@@H]3CC[C@@H]4C[C@@H]3C4(C)C)cccc2n1. The summed E-state index contributed by atoms with van der Waals surface area (Å²) in [4.78, 5) is 32.9. The van der Waals surface area contributed by atoms with Crippen molar-refractivity contribution in [2.45, 2.75) is 59.4 Å². The number of imidazole rings is 1. The maximum Gasteiger partial charge on any atom is 0.268 e. The van der Waals surface area contributed by atoms with E-state index in [0.29, 0.717) is 40.2 Å². The molecule has 0 radical (unpaired) electrons. The quantitative estimate of drug-likeness (QED) is 0.687. The second-order valence-electron chi connectivity index (χ2n) is 11.6. The lowest BCUT2D eigenvalue weighted by Gasteiger charge is -2.60. The maximum atomic E-state index is 13.1. The van der Waals surface area contributed by atoms with Crippen molar-refractivity contribution in [3.05, 3.63) is 35.8 Å². The van der Waals surface area contributed by atoms with Gasteiger partial charge in [0.2, 0.25) is 5.91 Å². The summed E-state index contributed by atoms with van der Waals surface area (Å²) >= 11 is 0. The Morgan fingerprint density at radius 3 is 2.82 bits per heavy atom. The molecule has 4 aliphatic rings. The lowest BCUT2D eigenvalue weighted by atomic mass is 9.45. The van der Waals surface area contributed by atoms with Crippen LogP contribution in [0.4, 0.5) is 0 Å². The van der Waals surface area contributed by atoms with Crippen LogP contribution in [0.25, 0.3) is 5.65 Å². The number of hydrogen-bond donors (Lipinski definition) is 2. The van der Waals surface area contributed by atoms with Gasteiger partial charge in [0.05, 0.1) is 12.1 Å². The van der Waals surface area contributed by atoms with Gasteiger partial charge in [0.1, 0.15) is 11.3 Å². The lowest BCUT2D eigenvalue weighted by molar-refractivity contribution is -0.134. The van der Waals surface area contributed by atoms with E-state index < -0.39 is 0 Å². The largest absolute Gasteiger partial charge is 0.350 e. The van der Waals surface area contributed by atoms with Crippen LogP contribution in [0.3, 0.4) is 0 Å². The third-order valence-corrected chi connectivity index (χ3v) is 9.01. The average molecular weight is 466 g/mol. The van der Waals surface area contributed by atoms with E-state index in [1.807, 2.05) is 33.7 Å². The second kappa shape index (κ2) is 8.99. The predicted octanol–water partition coefficient (Wildman–Crippen LogP) is 3.14. The fourth-order valence-electron chi connectivity index (χ4n) is 6.74. The summed E-state index contributed by atoms with van der Waals surface area (Å²) in [6, 6.07) is 5.80. The molecule has 0 spiro atoms. The van der Waals surface area contributed by atoms with Crippen molar-refractivity contribution in [2.75, 3.05) is 26.2 Å². The average Bonchev–Trinajstić information content (AvgIpc) is 3.24. The summed E-state index contributed by atoms with van der Waals surface area (Å²) < 4.78 is 1.83. The van der Waals surface area contributed by atoms with Gasteiger partial charge in [-0.15, -0.1) is 0 Å². The van der Waals surface area contributed by atoms with Gasteiger partial charge < -0.3 is 15.5 Å². The number of piperazine rings is 1. The number of hydrogen-bond acceptors (Lipinski definition) is 4. The Kier molecular flexibility index (Phi) is 6.17. The van der Waals surface area contributed by atoms with Gasteiger partial charge in [-0.25, -0.2) is 4.98 Å². The van der Waals surface area contributed by atoms with Crippen molar-refractivity contribution in [1.82, 2.24) is 24.9 Å². The molecule has 1 aliphatic heterocycles. The molecule has 2 aromatic heterocycles. The van der Waals surface area contributed by atoms with Crippen molar-refractivity contribution in [2.24, 2.45) is 29.1 Å². The summed E-state index contributed by atoms with van der Waals surface area (Å²) in [5.41, 5.74) is 2.41. The van der Waals surface area contributed by atoms with Gasteiger partial charge in [-0.05, 0) is 60.5 Å². The number of rotatable bonds is 6. The number of carbonyl (C=O) groups is 2. The summed E-state index contributed by atoms with van der Waals surface area (Å²) in [5, 5.41) is 6.60. The number of pyridine rings is 1. The van der Waals surface area contributed by atoms with E-state index in [9.17, 15) is 9.59 Å². The molecule has 4 fully saturated rings. The number of fused-ring (bicyclic) bond motifs is 3. The van der Waals surface area contributed by atoms with Crippen molar-refractivity contribution in [1.29, 1.82) is 0 Å². The monoisotopic (exact) mass is 465 g/mol. The predicted molar refractivity (Wildman–Crippen MR) is 133 cm³/mol. The second-order valence-corrected chi connectivity index (χ2v) is 11.6. The summed E-state index contributed by atoms with van der Waals surface area (Å²) in [6.45, 7) is 12.2. The molecular weight excluding hydrogens is 426 g/mol. The van der Waals surface area contributed by atoms with Gasteiger partial charge in [-0.2, -0.15) is 0 Å². The molecule has 3 heterocycles. The zero-order chi connectivity index (χ0) is 24.0. The Morgan fingerprint density at radius 2 is 2.09 bits per heavy atom. The Bertz CT molecular complexity index is 1070. The molecule has 7 nitrogen and oxygen atoms in total. The van der Waals surface area contributed by atoms with E-state index in [0.717, 1.165) is 32.1 Å². The van der Waals surface area contributed by atoms with Crippen molar-refractivity contribution < 1.29 is 9.59 Å². The Hall–Kier alpha value is -2.41. The number of carbonyl (C=O) groups excluding carboxylic acids is 2. The Morgan fingerprint density at radius 1 is 1.26 bits per heavy atom. The third-order valence-electron chi connectivity index (χ3n) is 9.01. The van der Waals surface area contributed by atoms with Crippen LogP contribution in [-0.2, 0) is 11.2 Å². The van der Waals surface area contributed by atoms with Gasteiger partial charge in [0, 0.05) is 38.4 Å². The smallest absolute Gasteiger partial charge is 0.268 e. The van der Waals surface area contributed by atoms with Crippen LogP contribution < -0.4 is 10.6 Å². The van der Waals surface area contributed by atoms with E-state index in [1.54, 1.807) is 0 Å². The fraction of sp³-hybridized carbons (Fsp3) is 0.667. The van der Waals surface area contributed by atoms with Crippen LogP contribution >= 0.6 is 0 Å². The zero-order valence-corrected chi connectivity index (χ0v) is 21.0. The minimum atomic E-state index is -0.0675. The molecule has 2 bridgehead atoms. The van der Waals surface area contributed by atoms with Crippen molar-refractivity contribution in [3.63, 3.8) is 0 Å². The molecule has 7 heteroatoms. The highest BCUT2D eigenvalue weighted by molar-refractivity contribution is 5.93. The van der Waals surface area contributed by atoms with E-state index in [1.165, 1.54) is 19.3 Å². The molecule has 2 amide bonds. The van der Waals surface area contributed by atoms with Crippen LogP contribution in [0.1, 0.15) is 63.1 Å². The number of nitrogens with zero attached hydrogens (tertiary/aromatic N) is 3. The first-order chi connectivity index (χ1) is 16.3. The van der Waals surface area contributed by atoms with Crippen LogP contribution in [0, 0.1) is 29.1 Å². The molecule has 2 N–H and O–H groups in total. The van der Waals surface area contributed by atoms with Crippen LogP contribution in [0.15, 0.2) is 24.4 Å². The lowest BCUT2D eigenvalue weighted by Crippen LogP contribution is -2.56. The zero-order valence-electron chi connectivity index (χ0n) is 21.0.